The van der Waals surface area contributed by atoms with Crippen molar-refractivity contribution in [2.45, 2.75) is 12.8 Å². The van der Waals surface area contributed by atoms with Crippen LogP contribution in [-0.4, -0.2) is 28.4 Å². The van der Waals surface area contributed by atoms with Crippen LogP contribution in [0, 0.1) is 6.61 Å². The van der Waals surface area contributed by atoms with Crippen LogP contribution < -0.4 is 0 Å². The summed E-state index contributed by atoms with van der Waals surface area (Å²) in [7, 11) is 0. The zero-order valence-electron chi connectivity index (χ0n) is 8.64. The number of carbonyl (C=O) groups is 2. The molecule has 0 aromatic heterocycles. The molecule has 16 heavy (non-hydrogen) atoms. The summed E-state index contributed by atoms with van der Waals surface area (Å²) in [6.07, 6.45) is 0.884. The minimum atomic E-state index is -0.251. The molecular weight excluding hydrogens is 206 g/mol. The van der Waals surface area contributed by atoms with E-state index in [4.69, 9.17) is 5.11 Å². The summed E-state index contributed by atoms with van der Waals surface area (Å²) in [6.45, 7) is 2.31. The summed E-state index contributed by atoms with van der Waals surface area (Å²) in [5, 5.41) is 8.41. The van der Waals surface area contributed by atoms with E-state index >= 15 is 0 Å². The van der Waals surface area contributed by atoms with Gasteiger partial charge in [0.2, 0.25) is 0 Å². The Hall–Kier alpha value is -1.68. The van der Waals surface area contributed by atoms with Crippen molar-refractivity contribution in [3.8, 4) is 0 Å². The molecule has 1 aliphatic rings. The zero-order chi connectivity index (χ0) is 11.5. The third-order valence-corrected chi connectivity index (χ3v) is 2.55. The molecule has 1 aromatic rings. The van der Waals surface area contributed by atoms with E-state index in [0.717, 1.165) is 0 Å². The van der Waals surface area contributed by atoms with Gasteiger partial charge in [-0.25, -0.2) is 0 Å². The van der Waals surface area contributed by atoms with Gasteiger partial charge in [0.05, 0.1) is 11.1 Å². The Morgan fingerprint density at radius 1 is 1.12 bits per heavy atom. The minimum absolute atomic E-state index is 0.251. The molecule has 2 rings (SSSR count). The highest BCUT2D eigenvalue weighted by molar-refractivity contribution is 6.21. The maximum atomic E-state index is 11.8. The van der Waals surface area contributed by atoms with Gasteiger partial charge in [-0.05, 0) is 25.0 Å². The van der Waals surface area contributed by atoms with Crippen molar-refractivity contribution in [3.63, 3.8) is 0 Å². The molecular formula is C12H11NO3. The first-order valence-corrected chi connectivity index (χ1v) is 5.08. The van der Waals surface area contributed by atoms with Gasteiger partial charge in [0.1, 0.15) is 6.61 Å². The van der Waals surface area contributed by atoms with Crippen LogP contribution in [0.5, 0.6) is 0 Å². The monoisotopic (exact) mass is 217 g/mol. The largest absolute Gasteiger partial charge is 0.384 e. The van der Waals surface area contributed by atoms with Crippen molar-refractivity contribution in [1.29, 1.82) is 0 Å². The fourth-order valence-electron chi connectivity index (χ4n) is 1.76. The van der Waals surface area contributed by atoms with Gasteiger partial charge in [-0.15, -0.1) is 0 Å². The summed E-state index contributed by atoms with van der Waals surface area (Å²) in [5.74, 6) is -0.503. The molecule has 0 saturated carbocycles. The van der Waals surface area contributed by atoms with Crippen LogP contribution in [0.1, 0.15) is 33.6 Å². The molecule has 0 fully saturated rings. The summed E-state index contributed by atoms with van der Waals surface area (Å²) < 4.78 is 0. The van der Waals surface area contributed by atoms with Gasteiger partial charge >= 0.3 is 0 Å². The van der Waals surface area contributed by atoms with E-state index in [1.165, 1.54) is 4.90 Å². The number of benzene rings is 1. The molecule has 0 spiro atoms. The molecule has 1 aliphatic heterocycles. The van der Waals surface area contributed by atoms with Gasteiger partial charge in [-0.2, -0.15) is 0 Å². The highest BCUT2D eigenvalue weighted by Crippen LogP contribution is 2.22. The van der Waals surface area contributed by atoms with E-state index in [1.807, 2.05) is 6.61 Å². The van der Waals surface area contributed by atoms with Crippen molar-refractivity contribution in [1.82, 2.24) is 4.90 Å². The average molecular weight is 217 g/mol. The molecule has 2 radical (unpaired) electrons. The Labute approximate surface area is 93.5 Å². The van der Waals surface area contributed by atoms with Gasteiger partial charge in [0.25, 0.3) is 11.8 Å². The third kappa shape index (κ3) is 1.72. The van der Waals surface area contributed by atoms with Crippen molar-refractivity contribution in [3.05, 3.63) is 42.0 Å². The fraction of sp³-hybridized carbons (Fsp3) is 0.250. The van der Waals surface area contributed by atoms with E-state index in [1.54, 1.807) is 24.3 Å². The predicted octanol–water partition coefficient (Wildman–Crippen LogP) is 1.47. The van der Waals surface area contributed by atoms with Crippen LogP contribution in [0.15, 0.2) is 24.3 Å². The number of imide groups is 1. The number of rotatable bonds is 4. The lowest BCUT2D eigenvalue weighted by Gasteiger charge is -2.12. The normalized spacial score (nSPS) is 14.4. The Morgan fingerprint density at radius 2 is 1.69 bits per heavy atom. The lowest BCUT2D eigenvalue weighted by molar-refractivity contribution is 0.0651. The Bertz CT molecular complexity index is 393. The number of aliphatic hydroxyl groups excluding tert-OH is 1. The van der Waals surface area contributed by atoms with Crippen LogP contribution in [0.3, 0.4) is 0 Å². The molecule has 1 heterocycles. The van der Waals surface area contributed by atoms with E-state index in [2.05, 4.69) is 0 Å². The number of carbonyl (C=O) groups excluding carboxylic acids is 2. The Balaban J connectivity index is 2.15. The molecule has 0 aliphatic carbocycles. The predicted molar refractivity (Wildman–Crippen MR) is 56.2 cm³/mol. The summed E-state index contributed by atoms with van der Waals surface area (Å²) in [4.78, 5) is 24.9. The number of aliphatic hydroxyl groups is 1. The van der Waals surface area contributed by atoms with Gasteiger partial charge in [-0.3, -0.25) is 14.5 Å². The SMILES string of the molecule is O=C1c2ccccc2C(=O)N1CCC[C]O. The van der Waals surface area contributed by atoms with Gasteiger partial charge in [-0.1, -0.05) is 12.1 Å². The fourth-order valence-corrected chi connectivity index (χ4v) is 1.76. The lowest BCUT2D eigenvalue weighted by atomic mass is 10.1. The first-order chi connectivity index (χ1) is 7.75. The molecule has 2 amide bonds. The summed E-state index contributed by atoms with van der Waals surface area (Å²) >= 11 is 0. The molecule has 0 unspecified atom stereocenters. The second-order valence-corrected chi connectivity index (χ2v) is 3.57. The van der Waals surface area contributed by atoms with Crippen LogP contribution in [0.2, 0.25) is 0 Å². The number of unbranched alkanes of at least 4 members (excludes halogenated alkanes) is 1. The van der Waals surface area contributed by atoms with Gasteiger partial charge in [0, 0.05) is 6.54 Å². The lowest BCUT2D eigenvalue weighted by Crippen LogP contribution is -2.30. The van der Waals surface area contributed by atoms with Crippen molar-refractivity contribution >= 4 is 11.8 Å². The quantitative estimate of drug-likeness (QED) is 0.613. The smallest absolute Gasteiger partial charge is 0.261 e. The highest BCUT2D eigenvalue weighted by atomic mass is 16.3. The molecule has 0 bridgehead atoms. The van der Waals surface area contributed by atoms with Crippen LogP contribution in [-0.2, 0) is 0 Å². The second-order valence-electron chi connectivity index (χ2n) is 3.57. The van der Waals surface area contributed by atoms with Crippen molar-refractivity contribution < 1.29 is 14.7 Å². The molecule has 4 nitrogen and oxygen atoms in total. The average Bonchev–Trinajstić information content (AvgIpc) is 2.55. The van der Waals surface area contributed by atoms with E-state index < -0.39 is 0 Å². The molecule has 0 atom stereocenters. The molecule has 1 N–H and O–H groups in total. The van der Waals surface area contributed by atoms with Gasteiger partial charge < -0.3 is 5.11 Å². The Kier molecular flexibility index (Phi) is 3.01. The minimum Gasteiger partial charge on any atom is -0.384 e. The van der Waals surface area contributed by atoms with Crippen molar-refractivity contribution in [2.24, 2.45) is 0 Å². The highest BCUT2D eigenvalue weighted by Gasteiger charge is 2.34. The standard InChI is InChI=1S/C12H11NO3/c14-8-4-3-7-13-11(15)9-5-1-2-6-10(9)12(13)16/h1-2,5-6,14H,3-4,7H2. The first-order valence-electron chi connectivity index (χ1n) is 5.08. The summed E-state index contributed by atoms with van der Waals surface area (Å²) in [5.41, 5.74) is 0.925. The second kappa shape index (κ2) is 4.45. The van der Waals surface area contributed by atoms with E-state index in [-0.39, 0.29) is 11.8 Å². The van der Waals surface area contributed by atoms with E-state index in [0.29, 0.717) is 30.5 Å². The zero-order valence-corrected chi connectivity index (χ0v) is 8.64. The maximum Gasteiger partial charge on any atom is 0.261 e. The number of hydrogen-bond acceptors (Lipinski definition) is 3. The first kappa shape index (κ1) is 10.8. The van der Waals surface area contributed by atoms with E-state index in [9.17, 15) is 9.59 Å². The number of amides is 2. The molecule has 0 saturated heterocycles. The molecule has 4 heteroatoms. The molecule has 1 aromatic carbocycles. The number of hydrogen-bond donors (Lipinski definition) is 1. The molecule has 82 valence electrons. The van der Waals surface area contributed by atoms with Crippen LogP contribution >= 0.6 is 0 Å². The Morgan fingerprint density at radius 3 is 2.19 bits per heavy atom. The number of fused-ring (bicyclic) bond motifs is 1. The topological polar surface area (TPSA) is 57.6 Å². The maximum absolute atomic E-state index is 11.8. The van der Waals surface area contributed by atoms with Crippen LogP contribution in [0.4, 0.5) is 0 Å². The number of nitrogens with zero attached hydrogens (tertiary/aromatic N) is 1. The van der Waals surface area contributed by atoms with Gasteiger partial charge in [0.15, 0.2) is 0 Å². The van der Waals surface area contributed by atoms with Crippen LogP contribution in [0.25, 0.3) is 0 Å². The summed E-state index contributed by atoms with van der Waals surface area (Å²) in [6, 6.07) is 6.78. The third-order valence-electron chi connectivity index (χ3n) is 2.55. The van der Waals surface area contributed by atoms with Crippen molar-refractivity contribution in [2.75, 3.05) is 6.54 Å².